The standard InChI is InChI=1S/C51H33N3S/c1-4-14-36(15-5-1)42-22-10-11-23-43(42)41-21-12-20-39(32-41)34-26-28-35(29-27-34)40-30-31-46-45(33-40)48-44(24-13-25-47(48)55-46)51-53-49(37-16-6-2-7-17-37)52-50(54-51)38-18-8-3-9-19-38/h1-33H. The van der Waals surface area contributed by atoms with Crippen LogP contribution in [0.3, 0.4) is 0 Å². The van der Waals surface area contributed by atoms with Crippen LogP contribution < -0.4 is 0 Å². The Labute approximate surface area is 323 Å². The number of rotatable bonds is 7. The molecule has 0 aliphatic carbocycles. The van der Waals surface area contributed by atoms with Gasteiger partial charge in [-0.3, -0.25) is 0 Å². The molecule has 0 fully saturated rings. The lowest BCUT2D eigenvalue weighted by Gasteiger charge is -2.12. The largest absolute Gasteiger partial charge is 0.208 e. The molecular formula is C51H33N3S. The lowest BCUT2D eigenvalue weighted by molar-refractivity contribution is 1.08. The Kier molecular flexibility index (Phi) is 8.36. The molecule has 258 valence electrons. The fraction of sp³-hybridized carbons (Fsp3) is 0. The molecule has 0 bridgehead atoms. The first-order chi connectivity index (χ1) is 27.2. The maximum absolute atomic E-state index is 5.08. The van der Waals surface area contributed by atoms with Crippen molar-refractivity contribution in [1.29, 1.82) is 0 Å². The van der Waals surface area contributed by atoms with Crippen molar-refractivity contribution in [2.45, 2.75) is 0 Å². The third kappa shape index (κ3) is 6.29. The van der Waals surface area contributed by atoms with E-state index in [9.17, 15) is 0 Å². The average molecular weight is 720 g/mol. The maximum Gasteiger partial charge on any atom is 0.164 e. The van der Waals surface area contributed by atoms with Crippen LogP contribution in [0.2, 0.25) is 0 Å². The molecule has 10 rings (SSSR count). The van der Waals surface area contributed by atoms with Gasteiger partial charge in [-0.25, -0.2) is 15.0 Å². The van der Waals surface area contributed by atoms with Crippen molar-refractivity contribution in [1.82, 2.24) is 15.0 Å². The Morgan fingerprint density at radius 1 is 0.273 bits per heavy atom. The minimum absolute atomic E-state index is 0.660. The summed E-state index contributed by atoms with van der Waals surface area (Å²) in [6.45, 7) is 0. The predicted molar refractivity (Wildman–Crippen MR) is 231 cm³/mol. The van der Waals surface area contributed by atoms with Crippen molar-refractivity contribution in [3.63, 3.8) is 0 Å². The highest BCUT2D eigenvalue weighted by Crippen LogP contribution is 2.42. The highest BCUT2D eigenvalue weighted by Gasteiger charge is 2.17. The summed E-state index contributed by atoms with van der Waals surface area (Å²) >= 11 is 1.80. The fourth-order valence-corrected chi connectivity index (χ4v) is 8.56. The van der Waals surface area contributed by atoms with Crippen molar-refractivity contribution >= 4 is 31.5 Å². The van der Waals surface area contributed by atoms with Crippen LogP contribution >= 0.6 is 11.3 Å². The molecule has 10 aromatic rings. The molecule has 55 heavy (non-hydrogen) atoms. The van der Waals surface area contributed by atoms with Crippen LogP contribution in [-0.4, -0.2) is 15.0 Å². The van der Waals surface area contributed by atoms with Crippen molar-refractivity contribution in [3.05, 3.63) is 200 Å². The molecule has 0 aliphatic rings. The lowest BCUT2D eigenvalue weighted by Crippen LogP contribution is -2.00. The van der Waals surface area contributed by atoms with Crippen LogP contribution in [-0.2, 0) is 0 Å². The van der Waals surface area contributed by atoms with E-state index in [1.165, 1.54) is 59.3 Å². The zero-order valence-corrected chi connectivity index (χ0v) is 30.6. The summed E-state index contributed by atoms with van der Waals surface area (Å²) in [5.74, 6) is 1.99. The molecule has 0 radical (unpaired) electrons. The van der Waals surface area contributed by atoms with Crippen molar-refractivity contribution in [2.24, 2.45) is 0 Å². The van der Waals surface area contributed by atoms with E-state index in [1.54, 1.807) is 11.3 Å². The normalized spacial score (nSPS) is 11.3. The van der Waals surface area contributed by atoms with Gasteiger partial charge in [-0.05, 0) is 68.8 Å². The summed E-state index contributed by atoms with van der Waals surface area (Å²) in [5, 5.41) is 2.36. The SMILES string of the molecule is c1ccc(-c2nc(-c3ccccc3)nc(-c3cccc4sc5ccc(-c6ccc(-c7cccc(-c8ccccc8-c8ccccc8)c7)cc6)cc5c34)n2)cc1. The van der Waals surface area contributed by atoms with Gasteiger partial charge < -0.3 is 0 Å². The number of fused-ring (bicyclic) bond motifs is 3. The third-order valence-electron chi connectivity index (χ3n) is 10.2. The number of hydrogen-bond acceptors (Lipinski definition) is 4. The lowest BCUT2D eigenvalue weighted by atomic mass is 9.92. The molecule has 3 nitrogen and oxygen atoms in total. The van der Waals surface area contributed by atoms with E-state index in [1.807, 2.05) is 60.7 Å². The molecule has 8 aromatic carbocycles. The van der Waals surface area contributed by atoms with Crippen LogP contribution in [0.15, 0.2) is 200 Å². The van der Waals surface area contributed by atoms with Gasteiger partial charge in [0.25, 0.3) is 0 Å². The van der Waals surface area contributed by atoms with Crippen LogP contribution in [0.1, 0.15) is 0 Å². The average Bonchev–Trinajstić information content (AvgIpc) is 3.66. The van der Waals surface area contributed by atoms with Crippen molar-refractivity contribution in [2.75, 3.05) is 0 Å². The summed E-state index contributed by atoms with van der Waals surface area (Å²) in [6, 6.07) is 70.6. The second kappa shape index (κ2) is 14.1. The minimum Gasteiger partial charge on any atom is -0.208 e. The Hall–Kier alpha value is -7.01. The third-order valence-corrected chi connectivity index (χ3v) is 11.3. The van der Waals surface area contributed by atoms with Crippen molar-refractivity contribution < 1.29 is 0 Å². The number of aromatic nitrogens is 3. The molecule has 0 N–H and O–H groups in total. The molecule has 4 heteroatoms. The van der Waals surface area contributed by atoms with E-state index >= 15 is 0 Å². The first-order valence-corrected chi connectivity index (χ1v) is 19.3. The summed E-state index contributed by atoms with van der Waals surface area (Å²) < 4.78 is 2.44. The fourth-order valence-electron chi connectivity index (χ4n) is 7.45. The van der Waals surface area contributed by atoms with E-state index in [4.69, 9.17) is 15.0 Å². The Morgan fingerprint density at radius 2 is 0.727 bits per heavy atom. The van der Waals surface area contributed by atoms with E-state index in [-0.39, 0.29) is 0 Å². The number of nitrogens with zero attached hydrogens (tertiary/aromatic N) is 3. The predicted octanol–water partition coefficient (Wildman–Crippen LogP) is 13.9. The summed E-state index contributed by atoms with van der Waals surface area (Å²) in [7, 11) is 0. The van der Waals surface area contributed by atoms with Gasteiger partial charge in [0.05, 0.1) is 0 Å². The highest BCUT2D eigenvalue weighted by molar-refractivity contribution is 7.26. The quantitative estimate of drug-likeness (QED) is 0.165. The number of benzene rings is 8. The topological polar surface area (TPSA) is 38.7 Å². The molecule has 0 atom stereocenters. The van der Waals surface area contributed by atoms with Crippen LogP contribution in [0, 0.1) is 0 Å². The molecule has 2 aromatic heterocycles. The van der Waals surface area contributed by atoms with Crippen LogP contribution in [0.4, 0.5) is 0 Å². The van der Waals surface area contributed by atoms with Gasteiger partial charge in [0.15, 0.2) is 17.5 Å². The maximum atomic E-state index is 5.08. The van der Waals surface area contributed by atoms with Crippen LogP contribution in [0.25, 0.3) is 98.8 Å². The zero-order valence-electron chi connectivity index (χ0n) is 29.8. The summed E-state index contributed by atoms with van der Waals surface area (Å²) in [5.41, 5.74) is 12.5. The van der Waals surface area contributed by atoms with E-state index in [2.05, 4.69) is 140 Å². The first kappa shape index (κ1) is 32.6. The second-order valence-corrected chi connectivity index (χ2v) is 14.7. The molecule has 0 spiro atoms. The monoisotopic (exact) mass is 719 g/mol. The van der Waals surface area contributed by atoms with Gasteiger partial charge >= 0.3 is 0 Å². The minimum atomic E-state index is 0.660. The number of hydrogen-bond donors (Lipinski definition) is 0. The van der Waals surface area contributed by atoms with E-state index in [0.717, 1.165) is 22.1 Å². The number of thiophene rings is 1. The molecule has 0 unspecified atom stereocenters. The summed E-state index contributed by atoms with van der Waals surface area (Å²) in [6.07, 6.45) is 0. The van der Waals surface area contributed by atoms with E-state index in [0.29, 0.717) is 17.5 Å². The first-order valence-electron chi connectivity index (χ1n) is 18.4. The second-order valence-electron chi connectivity index (χ2n) is 13.6. The van der Waals surface area contributed by atoms with Gasteiger partial charge in [-0.1, -0.05) is 176 Å². The molecule has 0 saturated carbocycles. The zero-order chi connectivity index (χ0) is 36.6. The highest BCUT2D eigenvalue weighted by atomic mass is 32.1. The Bertz CT molecular complexity index is 2900. The van der Waals surface area contributed by atoms with E-state index < -0.39 is 0 Å². The molecule has 0 aliphatic heterocycles. The molecule has 0 saturated heterocycles. The van der Waals surface area contributed by atoms with Gasteiger partial charge in [0.1, 0.15) is 0 Å². The molecule has 0 amide bonds. The van der Waals surface area contributed by atoms with Gasteiger partial charge in [0, 0.05) is 36.9 Å². The van der Waals surface area contributed by atoms with Gasteiger partial charge in [0.2, 0.25) is 0 Å². The van der Waals surface area contributed by atoms with Gasteiger partial charge in [-0.2, -0.15) is 0 Å². The Morgan fingerprint density at radius 3 is 1.36 bits per heavy atom. The van der Waals surface area contributed by atoms with Crippen LogP contribution in [0.5, 0.6) is 0 Å². The molecule has 2 heterocycles. The summed E-state index contributed by atoms with van der Waals surface area (Å²) in [4.78, 5) is 15.1. The van der Waals surface area contributed by atoms with Crippen molar-refractivity contribution in [3.8, 4) is 78.7 Å². The Balaban J connectivity index is 1.03. The molecular weight excluding hydrogens is 687 g/mol. The van der Waals surface area contributed by atoms with Gasteiger partial charge in [-0.15, -0.1) is 11.3 Å². The smallest absolute Gasteiger partial charge is 0.164 e.